The van der Waals surface area contributed by atoms with Gasteiger partial charge < -0.3 is 8.98 Å². The van der Waals surface area contributed by atoms with Gasteiger partial charge >= 0.3 is 0 Å². The van der Waals surface area contributed by atoms with Crippen LogP contribution in [0.5, 0.6) is 0 Å². The van der Waals surface area contributed by atoms with Gasteiger partial charge in [0.15, 0.2) is 11.6 Å². The second-order valence-corrected chi connectivity index (χ2v) is 17.3. The lowest BCUT2D eigenvalue weighted by Crippen LogP contribution is -2.14. The standard InChI is InChI=1S/C62H41N5O/c1-6-18-40(19-7-1)45-30-32-54-52(34-45)53-35-46(41-20-8-2-9-21-41)31-33-55(53)67(54)59-50(42-22-10-3-11-23-42)36-47(37-51(59)43-24-12-4-13-25-43)61-64-60(44-26-14-5-15-27-44)65-62(66-61)48-38-57-58(63-39-48)49-28-16-17-29-56(49)68-57/h1-37,39,48H,38H2. The molecule has 12 aromatic rings. The molecule has 6 nitrogen and oxygen atoms in total. The maximum Gasteiger partial charge on any atom is 0.163 e. The molecule has 3 aromatic heterocycles. The van der Waals surface area contributed by atoms with E-state index in [0.29, 0.717) is 23.9 Å². The summed E-state index contributed by atoms with van der Waals surface area (Å²) in [6, 6.07) is 79.3. The van der Waals surface area contributed by atoms with E-state index in [1.54, 1.807) is 0 Å². The highest BCUT2D eigenvalue weighted by atomic mass is 16.3. The van der Waals surface area contributed by atoms with Crippen LogP contribution in [-0.2, 0) is 6.42 Å². The molecule has 68 heavy (non-hydrogen) atoms. The van der Waals surface area contributed by atoms with Crippen molar-refractivity contribution in [2.24, 2.45) is 4.99 Å². The predicted octanol–water partition coefficient (Wildman–Crippen LogP) is 15.8. The molecule has 0 N–H and O–H groups in total. The van der Waals surface area contributed by atoms with Crippen LogP contribution in [0, 0.1) is 0 Å². The van der Waals surface area contributed by atoms with Crippen LogP contribution in [0.3, 0.4) is 0 Å². The van der Waals surface area contributed by atoms with Gasteiger partial charge in [-0.3, -0.25) is 4.99 Å². The van der Waals surface area contributed by atoms with Crippen LogP contribution in [-0.4, -0.2) is 25.7 Å². The Morgan fingerprint density at radius 2 is 0.868 bits per heavy atom. The Bertz CT molecular complexity index is 3700. The minimum atomic E-state index is -0.229. The smallest absolute Gasteiger partial charge is 0.163 e. The summed E-state index contributed by atoms with van der Waals surface area (Å²) in [6.45, 7) is 0. The average Bonchev–Trinajstić information content (AvgIpc) is 3.96. The Hall–Kier alpha value is -9.00. The Morgan fingerprint density at radius 1 is 0.397 bits per heavy atom. The Morgan fingerprint density at radius 3 is 1.41 bits per heavy atom. The Kier molecular flexibility index (Phi) is 9.53. The largest absolute Gasteiger partial charge is 0.459 e. The SMILES string of the molecule is C1=Nc2c(oc3ccccc23)CC1c1nc(-c2ccccc2)nc(-c2cc(-c3ccccc3)c(-n3c4ccc(-c5ccccc5)cc4c4cc(-c5ccccc5)ccc43)c(-c3ccccc3)c2)n1. The summed E-state index contributed by atoms with van der Waals surface area (Å²) < 4.78 is 8.85. The highest BCUT2D eigenvalue weighted by Gasteiger charge is 2.28. The predicted molar refractivity (Wildman–Crippen MR) is 278 cm³/mol. The third-order valence-corrected chi connectivity index (χ3v) is 13.2. The summed E-state index contributed by atoms with van der Waals surface area (Å²) in [5, 5.41) is 3.37. The molecule has 0 saturated heterocycles. The van der Waals surface area contributed by atoms with E-state index in [-0.39, 0.29) is 5.92 Å². The van der Waals surface area contributed by atoms with Gasteiger partial charge in [0.25, 0.3) is 0 Å². The number of rotatable bonds is 8. The van der Waals surface area contributed by atoms with Gasteiger partial charge in [-0.1, -0.05) is 176 Å². The van der Waals surface area contributed by atoms with E-state index in [0.717, 1.165) is 72.5 Å². The lowest BCUT2D eigenvalue weighted by molar-refractivity contribution is 0.535. The van der Waals surface area contributed by atoms with Gasteiger partial charge in [-0.15, -0.1) is 0 Å². The number of para-hydroxylation sites is 1. The zero-order valence-electron chi connectivity index (χ0n) is 36.9. The number of hydrogen-bond acceptors (Lipinski definition) is 5. The van der Waals surface area contributed by atoms with Crippen molar-refractivity contribution in [1.82, 2.24) is 19.5 Å². The fraction of sp³-hybridized carbons (Fsp3) is 0.0323. The van der Waals surface area contributed by atoms with Crippen LogP contribution in [0.25, 0.3) is 106 Å². The second kappa shape index (κ2) is 16.5. The van der Waals surface area contributed by atoms with Crippen molar-refractivity contribution in [3.63, 3.8) is 0 Å². The number of benzene rings is 9. The van der Waals surface area contributed by atoms with E-state index >= 15 is 0 Å². The molecule has 320 valence electrons. The molecular formula is C62H41N5O. The number of nitrogens with zero attached hydrogens (tertiary/aromatic N) is 5. The minimum Gasteiger partial charge on any atom is -0.459 e. The topological polar surface area (TPSA) is 69.1 Å². The molecule has 9 aromatic carbocycles. The molecule has 0 fully saturated rings. The molecule has 0 saturated carbocycles. The number of furan rings is 1. The van der Waals surface area contributed by atoms with Crippen molar-refractivity contribution in [3.8, 4) is 73.0 Å². The van der Waals surface area contributed by atoms with Gasteiger partial charge in [0.1, 0.15) is 22.9 Å². The van der Waals surface area contributed by atoms with Crippen LogP contribution in [0.15, 0.2) is 234 Å². The van der Waals surface area contributed by atoms with Crippen molar-refractivity contribution in [3.05, 3.63) is 236 Å². The van der Waals surface area contributed by atoms with Gasteiger partial charge in [0, 0.05) is 51.0 Å². The Balaban J connectivity index is 1.07. The van der Waals surface area contributed by atoms with Gasteiger partial charge in [-0.05, 0) is 81.9 Å². The average molecular weight is 872 g/mol. The van der Waals surface area contributed by atoms with Gasteiger partial charge in [0.2, 0.25) is 0 Å². The van der Waals surface area contributed by atoms with E-state index in [1.165, 1.54) is 33.0 Å². The highest BCUT2D eigenvalue weighted by molar-refractivity contribution is 6.13. The van der Waals surface area contributed by atoms with Crippen LogP contribution in [0.4, 0.5) is 5.69 Å². The van der Waals surface area contributed by atoms with Crippen LogP contribution < -0.4 is 0 Å². The first-order chi connectivity index (χ1) is 33.7. The molecule has 1 aliphatic heterocycles. The zero-order chi connectivity index (χ0) is 45.0. The lowest BCUT2D eigenvalue weighted by atomic mass is 9.92. The van der Waals surface area contributed by atoms with Crippen LogP contribution >= 0.6 is 0 Å². The van der Waals surface area contributed by atoms with Crippen molar-refractivity contribution < 1.29 is 4.42 Å². The fourth-order valence-corrected chi connectivity index (χ4v) is 9.91. The minimum absolute atomic E-state index is 0.229. The van der Waals surface area contributed by atoms with E-state index in [2.05, 4.69) is 193 Å². The molecule has 13 rings (SSSR count). The summed E-state index contributed by atoms with van der Waals surface area (Å²) in [4.78, 5) is 20.8. The maximum atomic E-state index is 6.38. The third-order valence-electron chi connectivity index (χ3n) is 13.2. The molecule has 0 spiro atoms. The molecule has 1 aliphatic rings. The zero-order valence-corrected chi connectivity index (χ0v) is 36.9. The third kappa shape index (κ3) is 6.90. The van der Waals surface area contributed by atoms with Crippen molar-refractivity contribution >= 4 is 44.7 Å². The Labute approximate surface area is 393 Å². The molecule has 4 heterocycles. The summed E-state index contributed by atoms with van der Waals surface area (Å²) >= 11 is 0. The van der Waals surface area contributed by atoms with Crippen LogP contribution in [0.2, 0.25) is 0 Å². The molecule has 0 aliphatic carbocycles. The quantitative estimate of drug-likeness (QED) is 0.153. The fourth-order valence-electron chi connectivity index (χ4n) is 9.91. The monoisotopic (exact) mass is 871 g/mol. The first-order valence-corrected chi connectivity index (χ1v) is 23.0. The van der Waals surface area contributed by atoms with Crippen molar-refractivity contribution in [2.75, 3.05) is 0 Å². The molecule has 0 amide bonds. The molecule has 0 bridgehead atoms. The lowest BCUT2D eigenvalue weighted by Gasteiger charge is -2.21. The van der Waals surface area contributed by atoms with Crippen LogP contribution in [0.1, 0.15) is 17.5 Å². The van der Waals surface area contributed by atoms with Crippen molar-refractivity contribution in [1.29, 1.82) is 0 Å². The van der Waals surface area contributed by atoms with Gasteiger partial charge in [-0.2, -0.15) is 0 Å². The summed E-state index contributed by atoms with van der Waals surface area (Å²) in [6.07, 6.45) is 2.56. The second-order valence-electron chi connectivity index (χ2n) is 17.3. The molecule has 6 heteroatoms. The first kappa shape index (κ1) is 39.4. The molecule has 1 unspecified atom stereocenters. The number of fused-ring (bicyclic) bond motifs is 6. The maximum absolute atomic E-state index is 6.38. The number of hydrogen-bond donors (Lipinski definition) is 0. The highest BCUT2D eigenvalue weighted by Crippen LogP contribution is 2.46. The van der Waals surface area contributed by atoms with Crippen molar-refractivity contribution in [2.45, 2.75) is 12.3 Å². The number of aliphatic imine (C=N–C) groups is 1. The molecule has 0 radical (unpaired) electrons. The van der Waals surface area contributed by atoms with Gasteiger partial charge in [0.05, 0.1) is 22.6 Å². The summed E-state index contributed by atoms with van der Waals surface area (Å²) in [5.74, 6) is 2.43. The van der Waals surface area contributed by atoms with E-state index in [4.69, 9.17) is 24.4 Å². The number of aromatic nitrogens is 4. The summed E-state index contributed by atoms with van der Waals surface area (Å²) in [5.41, 5.74) is 15.7. The summed E-state index contributed by atoms with van der Waals surface area (Å²) in [7, 11) is 0. The molecule has 1 atom stereocenters. The first-order valence-electron chi connectivity index (χ1n) is 23.0. The molecular weight excluding hydrogens is 831 g/mol. The van der Waals surface area contributed by atoms with E-state index in [1.807, 2.05) is 42.6 Å². The van der Waals surface area contributed by atoms with E-state index < -0.39 is 0 Å². The van der Waals surface area contributed by atoms with Gasteiger partial charge in [-0.25, -0.2) is 15.0 Å². The van der Waals surface area contributed by atoms with E-state index in [9.17, 15) is 0 Å². The normalized spacial score (nSPS) is 13.3.